The van der Waals surface area contributed by atoms with E-state index in [1.807, 2.05) is 6.07 Å². The van der Waals surface area contributed by atoms with Crippen LogP contribution in [0.2, 0.25) is 5.15 Å². The van der Waals surface area contributed by atoms with E-state index in [4.69, 9.17) is 22.1 Å². The normalized spacial score (nSPS) is 17.5. The Hall–Kier alpha value is -2.25. The monoisotopic (exact) mass is 364 g/mol. The predicted octanol–water partition coefficient (Wildman–Crippen LogP) is 3.86. The Morgan fingerprint density at radius 1 is 1.44 bits per heavy atom. The molecule has 4 N–H and O–H groups in total. The Morgan fingerprint density at radius 3 is 3.08 bits per heavy atom. The van der Waals surface area contributed by atoms with Crippen LogP contribution in [0.3, 0.4) is 0 Å². The van der Waals surface area contributed by atoms with Crippen LogP contribution >= 0.6 is 11.6 Å². The number of anilines is 1. The predicted molar refractivity (Wildman–Crippen MR) is 96.0 cm³/mol. The number of nitrogens with one attached hydrogen (secondary N) is 2. The number of imidazole rings is 1. The molecule has 0 saturated heterocycles. The number of hydrogen-bond donors (Lipinski definition) is 3. The SMILES string of the molecule is COC(=O)Nc1ccc2c(c1)OCCCCC[C@H](N)c1nc-2c(Cl)[nH]1. The molecule has 1 aliphatic rings. The van der Waals surface area contributed by atoms with Gasteiger partial charge in [0, 0.05) is 17.3 Å². The van der Waals surface area contributed by atoms with Gasteiger partial charge in [-0.05, 0) is 31.4 Å². The molecule has 1 amide bonds. The van der Waals surface area contributed by atoms with E-state index in [1.54, 1.807) is 12.1 Å². The number of benzene rings is 1. The average molecular weight is 365 g/mol. The Balaban J connectivity index is 2.01. The minimum Gasteiger partial charge on any atom is -0.493 e. The number of fused-ring (bicyclic) bond motifs is 4. The number of aromatic nitrogens is 2. The minimum atomic E-state index is -0.542. The van der Waals surface area contributed by atoms with Crippen LogP contribution in [0.4, 0.5) is 10.5 Å². The number of amides is 1. The van der Waals surface area contributed by atoms with Crippen LogP contribution in [0, 0.1) is 0 Å². The second-order valence-electron chi connectivity index (χ2n) is 5.92. The maximum atomic E-state index is 11.4. The van der Waals surface area contributed by atoms with Crippen molar-refractivity contribution in [3.63, 3.8) is 0 Å². The van der Waals surface area contributed by atoms with Gasteiger partial charge in [0.05, 0.1) is 19.8 Å². The number of ether oxygens (including phenoxy) is 2. The van der Waals surface area contributed by atoms with E-state index in [9.17, 15) is 4.79 Å². The van der Waals surface area contributed by atoms with E-state index < -0.39 is 6.09 Å². The highest BCUT2D eigenvalue weighted by Gasteiger charge is 2.20. The Bertz CT molecular complexity index is 762. The molecule has 134 valence electrons. The van der Waals surface area contributed by atoms with E-state index in [-0.39, 0.29) is 6.04 Å². The molecule has 25 heavy (non-hydrogen) atoms. The van der Waals surface area contributed by atoms with Crippen molar-refractivity contribution in [1.82, 2.24) is 9.97 Å². The first-order valence-electron chi connectivity index (χ1n) is 8.21. The van der Waals surface area contributed by atoms with Gasteiger partial charge in [-0.1, -0.05) is 18.0 Å². The summed E-state index contributed by atoms with van der Waals surface area (Å²) >= 11 is 6.34. The largest absolute Gasteiger partial charge is 0.493 e. The van der Waals surface area contributed by atoms with Gasteiger partial charge in [0.25, 0.3) is 0 Å². The van der Waals surface area contributed by atoms with Crippen LogP contribution in [-0.4, -0.2) is 29.8 Å². The van der Waals surface area contributed by atoms with Gasteiger partial charge in [-0.15, -0.1) is 0 Å². The summed E-state index contributed by atoms with van der Waals surface area (Å²) in [5, 5.41) is 3.05. The molecule has 1 aliphatic heterocycles. The lowest BCUT2D eigenvalue weighted by molar-refractivity contribution is 0.187. The highest BCUT2D eigenvalue weighted by molar-refractivity contribution is 6.32. The van der Waals surface area contributed by atoms with Crippen LogP contribution < -0.4 is 15.8 Å². The first kappa shape index (κ1) is 17.6. The molecule has 0 saturated carbocycles. The molecule has 1 aromatic carbocycles. The molecule has 0 radical (unpaired) electrons. The summed E-state index contributed by atoms with van der Waals surface area (Å²) in [6.07, 6.45) is 3.24. The molecule has 8 heteroatoms. The third-order valence-electron chi connectivity index (χ3n) is 4.11. The second kappa shape index (κ2) is 7.76. The van der Waals surface area contributed by atoms with Crippen molar-refractivity contribution in [3.05, 3.63) is 29.2 Å². The molecule has 0 spiro atoms. The van der Waals surface area contributed by atoms with Crippen molar-refractivity contribution in [1.29, 1.82) is 0 Å². The van der Waals surface area contributed by atoms with Gasteiger partial charge in [-0.2, -0.15) is 0 Å². The summed E-state index contributed by atoms with van der Waals surface area (Å²) in [7, 11) is 1.31. The molecule has 0 fully saturated rings. The van der Waals surface area contributed by atoms with Crippen molar-refractivity contribution >= 4 is 23.4 Å². The topological polar surface area (TPSA) is 102 Å². The van der Waals surface area contributed by atoms with Crippen molar-refractivity contribution in [2.45, 2.75) is 31.7 Å². The summed E-state index contributed by atoms with van der Waals surface area (Å²) in [6.45, 7) is 0.568. The highest BCUT2D eigenvalue weighted by atomic mass is 35.5. The lowest BCUT2D eigenvalue weighted by Gasteiger charge is -2.14. The molecule has 0 unspecified atom stereocenters. The number of methoxy groups -OCH3 is 1. The molecule has 2 bridgehead atoms. The summed E-state index contributed by atoms with van der Waals surface area (Å²) in [5.41, 5.74) is 8.11. The van der Waals surface area contributed by atoms with E-state index in [0.717, 1.165) is 31.2 Å². The third kappa shape index (κ3) is 4.05. The maximum Gasteiger partial charge on any atom is 0.411 e. The molecule has 2 heterocycles. The van der Waals surface area contributed by atoms with E-state index in [1.165, 1.54) is 7.11 Å². The van der Waals surface area contributed by atoms with Gasteiger partial charge in [-0.25, -0.2) is 9.78 Å². The van der Waals surface area contributed by atoms with Gasteiger partial charge in [-0.3, -0.25) is 5.32 Å². The quantitative estimate of drug-likeness (QED) is 0.713. The first-order chi connectivity index (χ1) is 12.1. The number of H-pyrrole nitrogens is 1. The lowest BCUT2D eigenvalue weighted by Crippen LogP contribution is -2.12. The zero-order valence-electron chi connectivity index (χ0n) is 14.0. The summed E-state index contributed by atoms with van der Waals surface area (Å²) in [4.78, 5) is 19.1. The Morgan fingerprint density at radius 2 is 2.28 bits per heavy atom. The molecule has 7 nitrogen and oxygen atoms in total. The van der Waals surface area contributed by atoms with Crippen LogP contribution in [0.25, 0.3) is 11.3 Å². The molecule has 0 aliphatic carbocycles. The van der Waals surface area contributed by atoms with Crippen LogP contribution in [-0.2, 0) is 4.74 Å². The second-order valence-corrected chi connectivity index (χ2v) is 6.29. The number of aromatic amines is 1. The molecular formula is C17H21ClN4O3. The number of carbonyl (C=O) groups excluding carboxylic acids is 1. The van der Waals surface area contributed by atoms with Crippen molar-refractivity contribution in [2.24, 2.45) is 5.73 Å². The third-order valence-corrected chi connectivity index (χ3v) is 4.39. The summed E-state index contributed by atoms with van der Waals surface area (Å²) in [5.74, 6) is 1.27. The molecule has 3 rings (SSSR count). The van der Waals surface area contributed by atoms with E-state index in [2.05, 4.69) is 20.0 Å². The highest BCUT2D eigenvalue weighted by Crippen LogP contribution is 2.37. The standard InChI is InChI=1S/C17H21ClN4O3/c1-24-17(23)20-10-6-7-11-13(9-10)25-8-4-2-3-5-12(19)16-21-14(11)15(18)22-16/h6-7,9,12H,2-5,8,19H2,1H3,(H,20,23)(H,21,22)/t12-/m0/s1. The van der Waals surface area contributed by atoms with E-state index >= 15 is 0 Å². The molecule has 1 aromatic heterocycles. The molecular weight excluding hydrogens is 344 g/mol. The average Bonchev–Trinajstić information content (AvgIpc) is 2.99. The first-order valence-corrected chi connectivity index (χ1v) is 8.59. The zero-order chi connectivity index (χ0) is 17.8. The number of rotatable bonds is 1. The van der Waals surface area contributed by atoms with Crippen molar-refractivity contribution in [2.75, 3.05) is 19.0 Å². The fourth-order valence-electron chi connectivity index (χ4n) is 2.77. The Labute approximate surface area is 150 Å². The smallest absolute Gasteiger partial charge is 0.411 e. The van der Waals surface area contributed by atoms with E-state index in [0.29, 0.717) is 34.7 Å². The van der Waals surface area contributed by atoms with Gasteiger partial charge in [0.15, 0.2) is 0 Å². The van der Waals surface area contributed by atoms with Crippen molar-refractivity contribution < 1.29 is 14.3 Å². The zero-order valence-corrected chi connectivity index (χ0v) is 14.7. The van der Waals surface area contributed by atoms with Crippen LogP contribution in [0.1, 0.15) is 37.5 Å². The number of nitrogens with zero attached hydrogens (tertiary/aromatic N) is 1. The summed E-state index contributed by atoms with van der Waals surface area (Å²) in [6, 6.07) is 5.12. The maximum absolute atomic E-state index is 11.4. The fourth-order valence-corrected chi connectivity index (χ4v) is 3.01. The Kier molecular flexibility index (Phi) is 5.45. The van der Waals surface area contributed by atoms with Gasteiger partial charge in [0.2, 0.25) is 0 Å². The van der Waals surface area contributed by atoms with Crippen molar-refractivity contribution in [3.8, 4) is 17.0 Å². The van der Waals surface area contributed by atoms with Gasteiger partial charge in [0.1, 0.15) is 22.4 Å². The molecule has 2 aromatic rings. The number of nitrogens with two attached hydrogens (primary N) is 1. The number of halogens is 1. The number of hydrogen-bond acceptors (Lipinski definition) is 5. The fraction of sp³-hybridized carbons (Fsp3) is 0.412. The summed E-state index contributed by atoms with van der Waals surface area (Å²) < 4.78 is 10.5. The molecule has 1 atom stereocenters. The van der Waals surface area contributed by atoms with Gasteiger partial charge < -0.3 is 20.2 Å². The van der Waals surface area contributed by atoms with Crippen LogP contribution in [0.5, 0.6) is 5.75 Å². The number of carbonyl (C=O) groups is 1. The van der Waals surface area contributed by atoms with Crippen LogP contribution in [0.15, 0.2) is 18.2 Å². The minimum absolute atomic E-state index is 0.171. The lowest BCUT2D eigenvalue weighted by atomic mass is 10.1. The van der Waals surface area contributed by atoms with Gasteiger partial charge >= 0.3 is 6.09 Å².